The number of amides is 1. The number of nitrogens with zero attached hydrogens (tertiary/aromatic N) is 1. The standard InChI is InChI=1S/C24H18F3N3O4/c1-33-20-11-14(22-29-18-8-3-2-7-17(18)23(32)30-22)9-10-19(20)34-13-21(31)28-16-6-4-5-15(12-16)24(25,26)27/h2-12H,13H2,1H3,(H,28,31)(H,29,30,32). The fraction of sp³-hybridized carbons (Fsp3) is 0.125. The number of aromatic nitrogens is 2. The number of methoxy groups -OCH3 is 1. The Morgan fingerprint density at radius 1 is 1.03 bits per heavy atom. The van der Waals surface area contributed by atoms with Crippen LogP contribution in [-0.2, 0) is 11.0 Å². The second-order valence-corrected chi connectivity index (χ2v) is 7.21. The summed E-state index contributed by atoms with van der Waals surface area (Å²) in [7, 11) is 1.41. The Kier molecular flexibility index (Phi) is 6.22. The quantitative estimate of drug-likeness (QED) is 0.429. The molecule has 4 aromatic rings. The number of fused-ring (bicyclic) bond motifs is 1. The van der Waals surface area contributed by atoms with E-state index in [-0.39, 0.29) is 22.7 Å². The van der Waals surface area contributed by atoms with E-state index >= 15 is 0 Å². The Balaban J connectivity index is 1.49. The van der Waals surface area contributed by atoms with Crippen molar-refractivity contribution in [1.29, 1.82) is 0 Å². The highest BCUT2D eigenvalue weighted by Crippen LogP contribution is 2.32. The number of anilines is 1. The fourth-order valence-electron chi connectivity index (χ4n) is 3.27. The maximum atomic E-state index is 12.8. The van der Waals surface area contributed by atoms with E-state index in [2.05, 4.69) is 15.3 Å². The van der Waals surface area contributed by atoms with Gasteiger partial charge in [-0.15, -0.1) is 0 Å². The van der Waals surface area contributed by atoms with Gasteiger partial charge < -0.3 is 19.8 Å². The lowest BCUT2D eigenvalue weighted by molar-refractivity contribution is -0.137. The summed E-state index contributed by atoms with van der Waals surface area (Å²) in [5.74, 6) is 0.190. The molecule has 10 heteroatoms. The molecule has 1 amide bonds. The van der Waals surface area contributed by atoms with E-state index in [9.17, 15) is 22.8 Å². The molecular weight excluding hydrogens is 451 g/mol. The van der Waals surface area contributed by atoms with Crippen LogP contribution in [0.5, 0.6) is 11.5 Å². The number of hydrogen-bond acceptors (Lipinski definition) is 5. The number of carbonyl (C=O) groups excluding carboxylic acids is 1. The molecule has 2 N–H and O–H groups in total. The van der Waals surface area contributed by atoms with Crippen molar-refractivity contribution in [2.24, 2.45) is 0 Å². The Morgan fingerprint density at radius 2 is 1.82 bits per heavy atom. The van der Waals surface area contributed by atoms with E-state index in [1.807, 2.05) is 0 Å². The predicted molar refractivity (Wildman–Crippen MR) is 120 cm³/mol. The monoisotopic (exact) mass is 469 g/mol. The van der Waals surface area contributed by atoms with Crippen LogP contribution in [0.25, 0.3) is 22.3 Å². The third kappa shape index (κ3) is 5.01. The molecule has 1 heterocycles. The van der Waals surface area contributed by atoms with E-state index in [0.717, 1.165) is 12.1 Å². The molecule has 0 aliphatic heterocycles. The van der Waals surface area contributed by atoms with Crippen LogP contribution in [0.1, 0.15) is 5.56 Å². The van der Waals surface area contributed by atoms with Gasteiger partial charge in [0.25, 0.3) is 11.5 Å². The first-order valence-corrected chi connectivity index (χ1v) is 10.0. The van der Waals surface area contributed by atoms with Crippen LogP contribution in [0.15, 0.2) is 71.5 Å². The molecule has 0 spiro atoms. The summed E-state index contributed by atoms with van der Waals surface area (Å²) in [6, 6.07) is 16.0. The van der Waals surface area contributed by atoms with Crippen molar-refractivity contribution < 1.29 is 27.4 Å². The van der Waals surface area contributed by atoms with Crippen molar-refractivity contribution in [3.8, 4) is 22.9 Å². The molecule has 0 radical (unpaired) electrons. The zero-order valence-electron chi connectivity index (χ0n) is 17.8. The van der Waals surface area contributed by atoms with Crippen molar-refractivity contribution in [3.63, 3.8) is 0 Å². The number of para-hydroxylation sites is 1. The second kappa shape index (κ2) is 9.26. The fourth-order valence-corrected chi connectivity index (χ4v) is 3.27. The lowest BCUT2D eigenvalue weighted by Gasteiger charge is -2.13. The van der Waals surface area contributed by atoms with Crippen molar-refractivity contribution in [2.45, 2.75) is 6.18 Å². The number of rotatable bonds is 6. The molecule has 4 rings (SSSR count). The van der Waals surface area contributed by atoms with Crippen LogP contribution >= 0.6 is 0 Å². The Bertz CT molecular complexity index is 1420. The predicted octanol–water partition coefficient (Wildman–Crippen LogP) is 4.64. The van der Waals surface area contributed by atoms with Crippen LogP contribution in [0, 0.1) is 0 Å². The van der Waals surface area contributed by atoms with Gasteiger partial charge in [0.1, 0.15) is 5.82 Å². The lowest BCUT2D eigenvalue weighted by atomic mass is 10.1. The third-order valence-corrected chi connectivity index (χ3v) is 4.88. The Hall–Kier alpha value is -4.34. The van der Waals surface area contributed by atoms with E-state index in [0.29, 0.717) is 22.3 Å². The molecule has 0 saturated heterocycles. The number of nitrogens with one attached hydrogen (secondary N) is 2. The van der Waals surface area contributed by atoms with Crippen LogP contribution < -0.4 is 20.3 Å². The van der Waals surface area contributed by atoms with Gasteiger partial charge in [0, 0.05) is 11.3 Å². The van der Waals surface area contributed by atoms with Gasteiger partial charge in [-0.1, -0.05) is 18.2 Å². The van der Waals surface area contributed by atoms with Crippen molar-refractivity contribution in [2.75, 3.05) is 19.0 Å². The van der Waals surface area contributed by atoms with Gasteiger partial charge in [-0.05, 0) is 48.5 Å². The summed E-state index contributed by atoms with van der Waals surface area (Å²) < 4.78 is 49.3. The van der Waals surface area contributed by atoms with E-state index in [4.69, 9.17) is 9.47 Å². The zero-order valence-corrected chi connectivity index (χ0v) is 17.8. The maximum Gasteiger partial charge on any atom is 0.416 e. The lowest BCUT2D eigenvalue weighted by Crippen LogP contribution is -2.20. The Labute approximate surface area is 191 Å². The van der Waals surface area contributed by atoms with Crippen LogP contribution in [0.2, 0.25) is 0 Å². The van der Waals surface area contributed by atoms with Crippen molar-refractivity contribution in [3.05, 3.63) is 82.6 Å². The maximum absolute atomic E-state index is 12.8. The molecule has 0 aliphatic rings. The molecule has 7 nitrogen and oxygen atoms in total. The molecule has 0 bridgehead atoms. The average molecular weight is 469 g/mol. The highest BCUT2D eigenvalue weighted by molar-refractivity contribution is 5.92. The van der Waals surface area contributed by atoms with E-state index < -0.39 is 24.3 Å². The van der Waals surface area contributed by atoms with Crippen molar-refractivity contribution >= 4 is 22.5 Å². The Morgan fingerprint density at radius 3 is 2.59 bits per heavy atom. The minimum atomic E-state index is -4.52. The molecule has 0 fully saturated rings. The number of carbonyl (C=O) groups is 1. The molecule has 0 aliphatic carbocycles. The van der Waals surface area contributed by atoms with Gasteiger partial charge >= 0.3 is 6.18 Å². The third-order valence-electron chi connectivity index (χ3n) is 4.88. The van der Waals surface area contributed by atoms with Gasteiger partial charge in [-0.25, -0.2) is 4.98 Å². The van der Waals surface area contributed by atoms with Crippen LogP contribution in [0.4, 0.5) is 18.9 Å². The van der Waals surface area contributed by atoms with Gasteiger partial charge in [-0.3, -0.25) is 9.59 Å². The van der Waals surface area contributed by atoms with Crippen LogP contribution in [0.3, 0.4) is 0 Å². The number of halogens is 3. The summed E-state index contributed by atoms with van der Waals surface area (Å²) in [5.41, 5.74) is -0.0701. The normalized spacial score (nSPS) is 11.3. The number of hydrogen-bond donors (Lipinski definition) is 2. The zero-order chi connectivity index (χ0) is 24.3. The number of ether oxygens (including phenoxy) is 2. The number of H-pyrrole nitrogens is 1. The summed E-state index contributed by atoms with van der Waals surface area (Å²) in [5, 5.41) is 2.83. The summed E-state index contributed by atoms with van der Waals surface area (Å²) in [6.45, 7) is -0.461. The SMILES string of the molecule is COc1cc(-c2nc3ccccc3c(=O)[nH]2)ccc1OCC(=O)Nc1cccc(C(F)(F)F)c1. The molecule has 0 atom stereocenters. The number of alkyl halides is 3. The highest BCUT2D eigenvalue weighted by atomic mass is 19.4. The van der Waals surface area contributed by atoms with Gasteiger partial charge in [0.2, 0.25) is 0 Å². The smallest absolute Gasteiger partial charge is 0.416 e. The van der Waals surface area contributed by atoms with Gasteiger partial charge in [0.05, 0.1) is 23.6 Å². The van der Waals surface area contributed by atoms with Crippen LogP contribution in [-0.4, -0.2) is 29.6 Å². The molecule has 0 unspecified atom stereocenters. The average Bonchev–Trinajstić information content (AvgIpc) is 2.82. The molecule has 0 saturated carbocycles. The largest absolute Gasteiger partial charge is 0.493 e. The van der Waals surface area contributed by atoms with Gasteiger partial charge in [0.15, 0.2) is 18.1 Å². The second-order valence-electron chi connectivity index (χ2n) is 7.21. The summed E-state index contributed by atoms with van der Waals surface area (Å²) >= 11 is 0. The molecule has 3 aromatic carbocycles. The van der Waals surface area contributed by atoms with Crippen molar-refractivity contribution in [1.82, 2.24) is 9.97 Å². The first-order chi connectivity index (χ1) is 16.2. The molecule has 174 valence electrons. The minimum absolute atomic E-state index is 0.00271. The molecular formula is C24H18F3N3O4. The first-order valence-electron chi connectivity index (χ1n) is 10.0. The number of benzene rings is 3. The molecule has 34 heavy (non-hydrogen) atoms. The highest BCUT2D eigenvalue weighted by Gasteiger charge is 2.30. The van der Waals surface area contributed by atoms with Gasteiger partial charge in [-0.2, -0.15) is 13.2 Å². The topological polar surface area (TPSA) is 93.3 Å². The van der Waals surface area contributed by atoms with E-state index in [1.165, 1.54) is 19.2 Å². The first kappa shape index (κ1) is 22.8. The summed E-state index contributed by atoms with van der Waals surface area (Å²) in [6.07, 6.45) is -4.52. The minimum Gasteiger partial charge on any atom is -0.493 e. The molecule has 1 aromatic heterocycles. The number of aromatic amines is 1. The summed E-state index contributed by atoms with van der Waals surface area (Å²) in [4.78, 5) is 31.7. The van der Waals surface area contributed by atoms with E-state index in [1.54, 1.807) is 42.5 Å².